The third kappa shape index (κ3) is 5.20. The largest absolute Gasteiger partial charge is 0.507 e. The van der Waals surface area contributed by atoms with Crippen molar-refractivity contribution in [3.63, 3.8) is 0 Å². The number of nitrogens with zero attached hydrogens (tertiary/aromatic N) is 1. The van der Waals surface area contributed by atoms with Gasteiger partial charge in [-0.1, -0.05) is 34.1 Å². The molecule has 0 saturated carbocycles. The number of anilines is 1. The molecule has 24 heavy (non-hydrogen) atoms. The number of nitrogens with one attached hydrogen (secondary N) is 2. The van der Waals surface area contributed by atoms with Gasteiger partial charge in [-0.25, -0.2) is 5.43 Å². The molecule has 0 saturated heterocycles. The van der Waals surface area contributed by atoms with Crippen molar-refractivity contribution in [1.82, 2.24) is 5.43 Å². The van der Waals surface area contributed by atoms with E-state index in [9.17, 15) is 14.7 Å². The van der Waals surface area contributed by atoms with Crippen LogP contribution in [0.1, 0.15) is 17.5 Å². The fraction of sp³-hybridized carbons (Fsp3) is 0.118. The van der Waals surface area contributed by atoms with Crippen molar-refractivity contribution >= 4 is 39.6 Å². The zero-order valence-electron chi connectivity index (χ0n) is 12.9. The van der Waals surface area contributed by atoms with Crippen molar-refractivity contribution in [1.29, 1.82) is 0 Å². The highest BCUT2D eigenvalue weighted by Crippen LogP contribution is 2.19. The Kier molecular flexibility index (Phi) is 6.08. The molecule has 0 unspecified atom stereocenters. The number of aryl methyl sites for hydroxylation is 1. The fourth-order valence-corrected chi connectivity index (χ4v) is 2.27. The first-order valence-electron chi connectivity index (χ1n) is 7.11. The summed E-state index contributed by atoms with van der Waals surface area (Å²) in [5.74, 6) is -0.942. The molecule has 2 aromatic rings. The summed E-state index contributed by atoms with van der Waals surface area (Å²) in [6, 6.07) is 12.1. The quantitative estimate of drug-likeness (QED) is 0.417. The Labute approximate surface area is 147 Å². The first kappa shape index (κ1) is 17.7. The van der Waals surface area contributed by atoms with Crippen LogP contribution in [0.5, 0.6) is 5.75 Å². The highest BCUT2D eigenvalue weighted by atomic mass is 79.9. The van der Waals surface area contributed by atoms with E-state index < -0.39 is 11.8 Å². The number of carbonyl (C=O) groups excluding carboxylic acids is 2. The van der Waals surface area contributed by atoms with Crippen LogP contribution in [0, 0.1) is 6.92 Å². The average Bonchev–Trinajstić information content (AvgIpc) is 2.53. The summed E-state index contributed by atoms with van der Waals surface area (Å²) in [4.78, 5) is 23.6. The Morgan fingerprint density at radius 2 is 1.96 bits per heavy atom. The monoisotopic (exact) mass is 389 g/mol. The van der Waals surface area contributed by atoms with Crippen LogP contribution >= 0.6 is 15.9 Å². The molecule has 3 N–H and O–H groups in total. The van der Waals surface area contributed by atoms with Gasteiger partial charge in [0.1, 0.15) is 12.2 Å². The highest BCUT2D eigenvalue weighted by Gasteiger charge is 2.10. The van der Waals surface area contributed by atoms with E-state index >= 15 is 0 Å². The second-order valence-electron chi connectivity index (χ2n) is 5.04. The van der Waals surface area contributed by atoms with Gasteiger partial charge in [0.15, 0.2) is 0 Å². The van der Waals surface area contributed by atoms with Crippen molar-refractivity contribution in [3.8, 4) is 5.75 Å². The summed E-state index contributed by atoms with van der Waals surface area (Å²) in [6.45, 7) is 1.87. The predicted molar refractivity (Wildman–Crippen MR) is 96.0 cm³/mol. The van der Waals surface area contributed by atoms with Gasteiger partial charge >= 0.3 is 0 Å². The van der Waals surface area contributed by atoms with Crippen LogP contribution in [0.25, 0.3) is 0 Å². The molecule has 0 bridgehead atoms. The van der Waals surface area contributed by atoms with Crippen molar-refractivity contribution in [2.45, 2.75) is 13.3 Å². The number of hydrogen-bond donors (Lipinski definition) is 3. The lowest BCUT2D eigenvalue weighted by Gasteiger charge is -2.07. The number of hydrogen-bond acceptors (Lipinski definition) is 4. The summed E-state index contributed by atoms with van der Waals surface area (Å²) in [5.41, 5.74) is 4.27. The molecule has 2 aromatic carbocycles. The minimum atomic E-state index is -0.549. The minimum Gasteiger partial charge on any atom is -0.507 e. The molecule has 0 aliphatic rings. The third-order valence-electron chi connectivity index (χ3n) is 3.12. The molecule has 0 radical (unpaired) electrons. The SMILES string of the molecule is Cc1ccccc1NC(=O)CC(=O)NN=Cc1cc(Br)ccc1O. The molecular weight excluding hydrogens is 374 g/mol. The number of aromatic hydroxyl groups is 1. The van der Waals surface area contributed by atoms with E-state index in [1.807, 2.05) is 19.1 Å². The average molecular weight is 390 g/mol. The highest BCUT2D eigenvalue weighted by molar-refractivity contribution is 9.10. The van der Waals surface area contributed by atoms with Crippen molar-refractivity contribution in [2.24, 2.45) is 5.10 Å². The molecule has 0 atom stereocenters. The van der Waals surface area contributed by atoms with Crippen LogP contribution in [0.15, 0.2) is 52.0 Å². The first-order valence-corrected chi connectivity index (χ1v) is 7.91. The molecule has 0 aliphatic carbocycles. The van der Waals surface area contributed by atoms with Gasteiger partial charge in [0.2, 0.25) is 11.8 Å². The maximum Gasteiger partial charge on any atom is 0.249 e. The number of amides is 2. The number of para-hydroxylation sites is 1. The van der Waals surface area contributed by atoms with E-state index in [0.29, 0.717) is 11.3 Å². The second-order valence-corrected chi connectivity index (χ2v) is 5.95. The first-order chi connectivity index (χ1) is 11.5. The Balaban J connectivity index is 1.87. The maximum absolute atomic E-state index is 11.8. The van der Waals surface area contributed by atoms with Gasteiger partial charge in [-0.3, -0.25) is 9.59 Å². The topological polar surface area (TPSA) is 90.8 Å². The molecule has 0 aromatic heterocycles. The minimum absolute atomic E-state index is 0.0356. The normalized spacial score (nSPS) is 10.6. The van der Waals surface area contributed by atoms with Crippen LogP contribution in [-0.2, 0) is 9.59 Å². The van der Waals surface area contributed by atoms with Crippen LogP contribution in [-0.4, -0.2) is 23.1 Å². The number of halogens is 1. The Hall–Kier alpha value is -2.67. The fourth-order valence-electron chi connectivity index (χ4n) is 1.90. The molecule has 124 valence electrons. The summed E-state index contributed by atoms with van der Waals surface area (Å²) in [7, 11) is 0. The molecule has 7 heteroatoms. The predicted octanol–water partition coefficient (Wildman–Crippen LogP) is 2.94. The molecule has 0 spiro atoms. The van der Waals surface area contributed by atoms with Crippen molar-refractivity contribution < 1.29 is 14.7 Å². The van der Waals surface area contributed by atoms with Gasteiger partial charge in [0, 0.05) is 15.7 Å². The lowest BCUT2D eigenvalue weighted by Crippen LogP contribution is -2.24. The third-order valence-corrected chi connectivity index (χ3v) is 3.62. The molecule has 6 nitrogen and oxygen atoms in total. The van der Waals surface area contributed by atoms with Gasteiger partial charge in [-0.05, 0) is 36.8 Å². The lowest BCUT2D eigenvalue weighted by atomic mass is 10.2. The van der Waals surface area contributed by atoms with E-state index in [1.54, 1.807) is 24.3 Å². The van der Waals surface area contributed by atoms with Crippen molar-refractivity contribution in [3.05, 3.63) is 58.1 Å². The molecule has 0 aliphatic heterocycles. The smallest absolute Gasteiger partial charge is 0.249 e. The van der Waals surface area contributed by atoms with E-state index in [1.165, 1.54) is 12.3 Å². The van der Waals surface area contributed by atoms with Crippen LogP contribution in [0.4, 0.5) is 5.69 Å². The standard InChI is InChI=1S/C17H16BrN3O3/c1-11-4-2-3-5-14(11)20-16(23)9-17(24)21-19-10-12-8-13(18)6-7-15(12)22/h2-8,10,22H,9H2,1H3,(H,20,23)(H,21,24). The number of phenols is 1. The van der Waals surface area contributed by atoms with Gasteiger partial charge in [-0.2, -0.15) is 5.10 Å². The summed E-state index contributed by atoms with van der Waals surface area (Å²) < 4.78 is 0.769. The maximum atomic E-state index is 11.8. The molecule has 0 fully saturated rings. The summed E-state index contributed by atoms with van der Waals surface area (Å²) in [5, 5.41) is 16.1. The molecule has 0 heterocycles. The number of phenolic OH excluding ortho intramolecular Hbond substituents is 1. The second kappa shape index (κ2) is 8.26. The van der Waals surface area contributed by atoms with Gasteiger partial charge in [0.05, 0.1) is 6.21 Å². The Bertz CT molecular complexity index is 790. The molecule has 2 rings (SSSR count). The molecule has 2 amide bonds. The van der Waals surface area contributed by atoms with E-state index in [0.717, 1.165) is 10.0 Å². The molecular formula is C17H16BrN3O3. The van der Waals surface area contributed by atoms with Crippen molar-refractivity contribution in [2.75, 3.05) is 5.32 Å². The number of hydrazone groups is 1. The summed E-state index contributed by atoms with van der Waals surface area (Å²) >= 11 is 3.27. The number of rotatable bonds is 5. The van der Waals surface area contributed by atoms with Crippen LogP contribution in [0.2, 0.25) is 0 Å². The van der Waals surface area contributed by atoms with Gasteiger partial charge in [0.25, 0.3) is 0 Å². The van der Waals surface area contributed by atoms with Gasteiger partial charge in [-0.15, -0.1) is 0 Å². The van der Waals surface area contributed by atoms with E-state index in [2.05, 4.69) is 31.8 Å². The van der Waals surface area contributed by atoms with E-state index in [-0.39, 0.29) is 12.2 Å². The van der Waals surface area contributed by atoms with Gasteiger partial charge < -0.3 is 10.4 Å². The Morgan fingerprint density at radius 3 is 2.71 bits per heavy atom. The van der Waals surface area contributed by atoms with Crippen LogP contribution in [0.3, 0.4) is 0 Å². The number of benzene rings is 2. The zero-order valence-corrected chi connectivity index (χ0v) is 14.5. The Morgan fingerprint density at radius 1 is 1.21 bits per heavy atom. The summed E-state index contributed by atoms with van der Waals surface area (Å²) in [6.07, 6.45) is 0.952. The van der Waals surface area contributed by atoms with Crippen LogP contribution < -0.4 is 10.7 Å². The zero-order chi connectivity index (χ0) is 17.5. The van der Waals surface area contributed by atoms with E-state index in [4.69, 9.17) is 0 Å². The number of carbonyl (C=O) groups is 2. The lowest BCUT2D eigenvalue weighted by molar-refractivity contribution is -0.126.